The van der Waals surface area contributed by atoms with Crippen LogP contribution in [-0.2, 0) is 0 Å². The fraction of sp³-hybridized carbons (Fsp3) is 0.688. The van der Waals surface area contributed by atoms with E-state index < -0.39 is 6.10 Å². The minimum atomic E-state index is -0.569. The van der Waals surface area contributed by atoms with Crippen LogP contribution in [0, 0.1) is 17.7 Å². The number of aliphatic hydroxyl groups excluding tert-OH is 1. The van der Waals surface area contributed by atoms with Crippen LogP contribution in [0.25, 0.3) is 0 Å². The summed E-state index contributed by atoms with van der Waals surface area (Å²) in [5.41, 5.74) is 0.627. The summed E-state index contributed by atoms with van der Waals surface area (Å²) in [7, 11) is 0. The first-order valence-corrected chi connectivity index (χ1v) is 7.49. The van der Waals surface area contributed by atoms with E-state index in [0.29, 0.717) is 11.5 Å². The number of halogens is 1. The van der Waals surface area contributed by atoms with E-state index in [1.54, 1.807) is 6.20 Å². The van der Waals surface area contributed by atoms with Crippen molar-refractivity contribution in [3.8, 4) is 0 Å². The van der Waals surface area contributed by atoms with Crippen molar-refractivity contribution in [2.45, 2.75) is 58.0 Å². The zero-order chi connectivity index (χ0) is 13.7. The number of hydrogen-bond donors (Lipinski definition) is 1. The molecule has 1 N–H and O–H groups in total. The number of rotatable bonds is 4. The summed E-state index contributed by atoms with van der Waals surface area (Å²) in [4.78, 5) is 3.84. The monoisotopic (exact) mass is 265 g/mol. The molecule has 1 heterocycles. The molecule has 3 heteroatoms. The van der Waals surface area contributed by atoms with Crippen LogP contribution in [0.3, 0.4) is 0 Å². The molecule has 0 unspecified atom stereocenters. The number of pyridine rings is 1. The minimum Gasteiger partial charge on any atom is -0.388 e. The first-order valence-electron chi connectivity index (χ1n) is 7.49. The average molecular weight is 265 g/mol. The third kappa shape index (κ3) is 4.00. The molecular formula is C16H24FNO. The summed E-state index contributed by atoms with van der Waals surface area (Å²) in [6.45, 7) is 2.22. The van der Waals surface area contributed by atoms with Crippen LogP contribution in [0.4, 0.5) is 4.39 Å². The van der Waals surface area contributed by atoms with Gasteiger partial charge >= 0.3 is 0 Å². The normalized spacial score (nSPS) is 25.8. The van der Waals surface area contributed by atoms with E-state index in [1.165, 1.54) is 44.4 Å². The summed E-state index contributed by atoms with van der Waals surface area (Å²) in [5, 5.41) is 10.5. The van der Waals surface area contributed by atoms with E-state index in [1.807, 2.05) is 0 Å². The number of aromatic nitrogens is 1. The molecule has 1 aromatic heterocycles. The van der Waals surface area contributed by atoms with Crippen LogP contribution in [-0.4, -0.2) is 10.1 Å². The van der Waals surface area contributed by atoms with Gasteiger partial charge in [0.2, 0.25) is 0 Å². The van der Waals surface area contributed by atoms with Gasteiger partial charge in [-0.05, 0) is 30.7 Å². The molecule has 106 valence electrons. The molecule has 2 rings (SSSR count). The third-order valence-corrected chi connectivity index (χ3v) is 4.28. The molecule has 1 aliphatic carbocycles. The standard InChI is InChI=1S/C16H24FNO/c1-2-5-12-6-3-4-7-13(8-12)16(19)14-9-15(17)11-18-10-14/h9-13,16,19H,2-8H2,1H3/t12-,13+,16-/m1/s1. The van der Waals surface area contributed by atoms with Crippen LogP contribution < -0.4 is 0 Å². The maximum absolute atomic E-state index is 13.2. The van der Waals surface area contributed by atoms with Crippen molar-refractivity contribution < 1.29 is 9.50 Å². The zero-order valence-electron chi connectivity index (χ0n) is 11.7. The lowest BCUT2D eigenvalue weighted by atomic mass is 9.85. The van der Waals surface area contributed by atoms with Crippen LogP contribution in [0.15, 0.2) is 18.5 Å². The average Bonchev–Trinajstić information content (AvgIpc) is 2.64. The molecule has 19 heavy (non-hydrogen) atoms. The molecule has 0 aromatic carbocycles. The van der Waals surface area contributed by atoms with E-state index in [0.717, 1.165) is 12.8 Å². The maximum Gasteiger partial charge on any atom is 0.141 e. The van der Waals surface area contributed by atoms with Crippen LogP contribution >= 0.6 is 0 Å². The van der Waals surface area contributed by atoms with Crippen molar-refractivity contribution >= 4 is 0 Å². The smallest absolute Gasteiger partial charge is 0.141 e. The molecule has 0 aliphatic heterocycles. The molecule has 1 aliphatic rings. The third-order valence-electron chi connectivity index (χ3n) is 4.28. The van der Waals surface area contributed by atoms with Gasteiger partial charge in [-0.3, -0.25) is 4.98 Å². The van der Waals surface area contributed by atoms with Crippen molar-refractivity contribution in [2.24, 2.45) is 11.8 Å². The molecule has 0 spiro atoms. The first-order chi connectivity index (χ1) is 9.20. The van der Waals surface area contributed by atoms with Gasteiger partial charge in [-0.15, -0.1) is 0 Å². The largest absolute Gasteiger partial charge is 0.388 e. The second-order valence-electron chi connectivity index (χ2n) is 5.82. The summed E-state index contributed by atoms with van der Waals surface area (Å²) in [6, 6.07) is 1.41. The van der Waals surface area contributed by atoms with Crippen molar-refractivity contribution in [1.82, 2.24) is 4.98 Å². The lowest BCUT2D eigenvalue weighted by Gasteiger charge is -2.24. The van der Waals surface area contributed by atoms with E-state index >= 15 is 0 Å². The minimum absolute atomic E-state index is 0.252. The second-order valence-corrected chi connectivity index (χ2v) is 5.82. The van der Waals surface area contributed by atoms with Crippen molar-refractivity contribution in [1.29, 1.82) is 0 Å². The molecule has 0 saturated heterocycles. The maximum atomic E-state index is 13.2. The van der Waals surface area contributed by atoms with Gasteiger partial charge in [0, 0.05) is 11.8 Å². The highest BCUT2D eigenvalue weighted by atomic mass is 19.1. The Bertz CT molecular complexity index is 396. The van der Waals surface area contributed by atoms with Gasteiger partial charge < -0.3 is 5.11 Å². The van der Waals surface area contributed by atoms with Crippen LogP contribution in [0.5, 0.6) is 0 Å². The summed E-state index contributed by atoms with van der Waals surface area (Å²) in [6.07, 6.45) is 10.5. The molecule has 0 amide bonds. The Kier molecular flexibility index (Phi) is 5.32. The highest BCUT2D eigenvalue weighted by Gasteiger charge is 2.26. The zero-order valence-corrected chi connectivity index (χ0v) is 11.7. The lowest BCUT2D eigenvalue weighted by molar-refractivity contribution is 0.0893. The van der Waals surface area contributed by atoms with Crippen molar-refractivity contribution in [2.75, 3.05) is 0 Å². The second kappa shape index (κ2) is 6.99. The molecule has 0 radical (unpaired) electrons. The van der Waals surface area contributed by atoms with E-state index in [9.17, 15) is 9.50 Å². The molecule has 2 nitrogen and oxygen atoms in total. The Hall–Kier alpha value is -0.960. The number of aliphatic hydroxyl groups is 1. The van der Waals surface area contributed by atoms with Gasteiger partial charge in [0.1, 0.15) is 5.82 Å². The van der Waals surface area contributed by atoms with Gasteiger partial charge in [-0.1, -0.05) is 39.0 Å². The topological polar surface area (TPSA) is 33.1 Å². The van der Waals surface area contributed by atoms with Gasteiger partial charge in [-0.2, -0.15) is 0 Å². The van der Waals surface area contributed by atoms with Gasteiger partial charge in [0.25, 0.3) is 0 Å². The quantitative estimate of drug-likeness (QED) is 0.825. The molecule has 1 aromatic rings. The van der Waals surface area contributed by atoms with Gasteiger partial charge in [0.15, 0.2) is 0 Å². The summed E-state index contributed by atoms with van der Waals surface area (Å²) in [5.74, 6) is 0.603. The Morgan fingerprint density at radius 1 is 1.37 bits per heavy atom. The van der Waals surface area contributed by atoms with E-state index in [2.05, 4.69) is 11.9 Å². The fourth-order valence-corrected chi connectivity index (χ4v) is 3.32. The molecule has 0 bridgehead atoms. The molecule has 1 fully saturated rings. The Morgan fingerprint density at radius 3 is 2.89 bits per heavy atom. The predicted octanol–water partition coefficient (Wildman–Crippen LogP) is 4.25. The Balaban J connectivity index is 2.06. The van der Waals surface area contributed by atoms with Crippen molar-refractivity contribution in [3.63, 3.8) is 0 Å². The van der Waals surface area contributed by atoms with Crippen LogP contribution in [0.2, 0.25) is 0 Å². The SMILES string of the molecule is CCC[C@@H]1CCCC[C@H]([C@@H](O)c2cncc(F)c2)C1. The van der Waals surface area contributed by atoms with Crippen molar-refractivity contribution in [3.05, 3.63) is 29.8 Å². The first kappa shape index (κ1) is 14.4. The van der Waals surface area contributed by atoms with Gasteiger partial charge in [0.05, 0.1) is 12.3 Å². The van der Waals surface area contributed by atoms with E-state index in [-0.39, 0.29) is 11.7 Å². The molecule has 1 saturated carbocycles. The molecular weight excluding hydrogens is 241 g/mol. The van der Waals surface area contributed by atoms with Crippen LogP contribution in [0.1, 0.15) is 63.5 Å². The lowest BCUT2D eigenvalue weighted by Crippen LogP contribution is -2.15. The highest BCUT2D eigenvalue weighted by molar-refractivity contribution is 5.14. The highest BCUT2D eigenvalue weighted by Crippen LogP contribution is 2.37. The summed E-state index contributed by atoms with van der Waals surface area (Å²) >= 11 is 0. The number of nitrogens with zero attached hydrogens (tertiary/aromatic N) is 1. The Morgan fingerprint density at radius 2 is 2.16 bits per heavy atom. The summed E-state index contributed by atoms with van der Waals surface area (Å²) < 4.78 is 13.2. The predicted molar refractivity (Wildman–Crippen MR) is 74.1 cm³/mol. The molecule has 3 atom stereocenters. The van der Waals surface area contributed by atoms with E-state index in [4.69, 9.17) is 0 Å². The van der Waals surface area contributed by atoms with Gasteiger partial charge in [-0.25, -0.2) is 4.39 Å². The Labute approximate surface area is 115 Å². The number of hydrogen-bond acceptors (Lipinski definition) is 2. The fourth-order valence-electron chi connectivity index (χ4n) is 3.32.